The van der Waals surface area contributed by atoms with Crippen LogP contribution in [-0.4, -0.2) is 22.4 Å². The van der Waals surface area contributed by atoms with Gasteiger partial charge in [-0.1, -0.05) is 18.2 Å². The third kappa shape index (κ3) is 4.86. The van der Waals surface area contributed by atoms with Gasteiger partial charge in [0.25, 0.3) is 5.91 Å². The van der Waals surface area contributed by atoms with Gasteiger partial charge in [0.2, 0.25) is 0 Å². The Morgan fingerprint density at radius 1 is 1.04 bits per heavy atom. The Morgan fingerprint density at radius 3 is 2.65 bits per heavy atom. The maximum atomic E-state index is 13.6. The van der Waals surface area contributed by atoms with Gasteiger partial charge in [0, 0.05) is 37.4 Å². The smallest absolute Gasteiger partial charge is 0.270 e. The lowest BCUT2D eigenvalue weighted by Gasteiger charge is -2.09. The van der Waals surface area contributed by atoms with E-state index in [2.05, 4.69) is 20.6 Å². The molecule has 5 nitrogen and oxygen atoms in total. The average molecular weight is 350 g/mol. The highest BCUT2D eigenvalue weighted by atomic mass is 19.1. The molecule has 0 fully saturated rings. The number of hydrogen-bond acceptors (Lipinski definition) is 4. The van der Waals surface area contributed by atoms with E-state index in [0.717, 1.165) is 11.3 Å². The van der Waals surface area contributed by atoms with Crippen LogP contribution in [0.25, 0.3) is 0 Å². The van der Waals surface area contributed by atoms with E-state index in [1.165, 1.54) is 6.07 Å². The van der Waals surface area contributed by atoms with E-state index in [-0.39, 0.29) is 11.7 Å². The van der Waals surface area contributed by atoms with Crippen molar-refractivity contribution in [2.75, 3.05) is 11.9 Å². The fraction of sp³-hybridized carbons (Fsp3) is 0.150. The second-order valence-corrected chi connectivity index (χ2v) is 5.74. The summed E-state index contributed by atoms with van der Waals surface area (Å²) >= 11 is 0. The topological polar surface area (TPSA) is 66.9 Å². The summed E-state index contributed by atoms with van der Waals surface area (Å²) in [6.07, 6.45) is 5.49. The van der Waals surface area contributed by atoms with Crippen molar-refractivity contribution in [1.82, 2.24) is 15.3 Å². The number of carbonyl (C=O) groups is 1. The van der Waals surface area contributed by atoms with Gasteiger partial charge >= 0.3 is 0 Å². The van der Waals surface area contributed by atoms with Gasteiger partial charge in [0.1, 0.15) is 11.5 Å². The van der Waals surface area contributed by atoms with Crippen LogP contribution in [0, 0.1) is 5.82 Å². The summed E-state index contributed by atoms with van der Waals surface area (Å²) in [6, 6.07) is 13.9. The molecule has 0 aliphatic heterocycles. The van der Waals surface area contributed by atoms with Crippen LogP contribution in [0.2, 0.25) is 0 Å². The van der Waals surface area contributed by atoms with Crippen molar-refractivity contribution in [3.8, 4) is 0 Å². The van der Waals surface area contributed by atoms with Gasteiger partial charge in [0.15, 0.2) is 0 Å². The third-order valence-electron chi connectivity index (χ3n) is 3.88. The molecule has 0 radical (unpaired) electrons. The van der Waals surface area contributed by atoms with E-state index < -0.39 is 0 Å². The largest absolute Gasteiger partial charge is 0.385 e. The van der Waals surface area contributed by atoms with Crippen molar-refractivity contribution < 1.29 is 9.18 Å². The molecular weight excluding hydrogens is 331 g/mol. The lowest BCUT2D eigenvalue weighted by Crippen LogP contribution is -2.24. The molecular formula is C20H19FN4O. The minimum absolute atomic E-state index is 0.208. The fourth-order valence-electron chi connectivity index (χ4n) is 2.48. The summed E-state index contributed by atoms with van der Waals surface area (Å²) in [5, 5.41) is 6.02. The van der Waals surface area contributed by atoms with E-state index in [0.29, 0.717) is 30.8 Å². The van der Waals surface area contributed by atoms with Crippen LogP contribution in [0.5, 0.6) is 0 Å². The van der Waals surface area contributed by atoms with E-state index in [1.807, 2.05) is 18.2 Å². The molecule has 0 spiro atoms. The molecule has 0 saturated carbocycles. The van der Waals surface area contributed by atoms with Gasteiger partial charge in [-0.3, -0.25) is 14.8 Å². The predicted octanol–water partition coefficient (Wildman–Crippen LogP) is 3.20. The molecule has 2 N–H and O–H groups in total. The van der Waals surface area contributed by atoms with Crippen LogP contribution in [0.3, 0.4) is 0 Å². The lowest BCUT2D eigenvalue weighted by molar-refractivity contribution is 0.0946. The number of nitrogens with zero attached hydrogens (tertiary/aromatic N) is 2. The summed E-state index contributed by atoms with van der Waals surface area (Å²) in [4.78, 5) is 20.3. The first-order chi connectivity index (χ1) is 12.7. The van der Waals surface area contributed by atoms with Crippen molar-refractivity contribution in [3.05, 3.63) is 89.8 Å². The van der Waals surface area contributed by atoms with Crippen molar-refractivity contribution >= 4 is 11.6 Å². The molecule has 0 bridgehead atoms. The molecule has 1 amide bonds. The molecule has 0 aliphatic rings. The molecule has 2 heterocycles. The van der Waals surface area contributed by atoms with Crippen molar-refractivity contribution in [2.24, 2.45) is 0 Å². The number of pyridine rings is 2. The highest BCUT2D eigenvalue weighted by Gasteiger charge is 2.08. The Kier molecular flexibility index (Phi) is 5.88. The number of anilines is 1. The van der Waals surface area contributed by atoms with Crippen LogP contribution in [0.4, 0.5) is 10.1 Å². The van der Waals surface area contributed by atoms with Crippen molar-refractivity contribution in [2.45, 2.75) is 13.0 Å². The van der Waals surface area contributed by atoms with E-state index in [1.54, 1.807) is 42.9 Å². The quantitative estimate of drug-likeness (QED) is 0.687. The summed E-state index contributed by atoms with van der Waals surface area (Å²) in [6.45, 7) is 0.969. The van der Waals surface area contributed by atoms with Gasteiger partial charge in [-0.25, -0.2) is 4.39 Å². The van der Waals surface area contributed by atoms with Crippen LogP contribution in [-0.2, 0) is 13.0 Å². The number of benzene rings is 1. The molecule has 1 aromatic carbocycles. The molecule has 2 aromatic heterocycles. The first kappa shape index (κ1) is 17.5. The monoisotopic (exact) mass is 350 g/mol. The van der Waals surface area contributed by atoms with E-state index in [4.69, 9.17) is 0 Å². The van der Waals surface area contributed by atoms with Gasteiger partial charge in [-0.05, 0) is 47.9 Å². The highest BCUT2D eigenvalue weighted by molar-refractivity contribution is 5.93. The SMILES string of the molecule is O=C(NCc1ccncc1)c1cc(NCCc2ccccc2F)ccn1. The zero-order chi connectivity index (χ0) is 18.2. The molecule has 0 atom stereocenters. The Labute approximate surface area is 151 Å². The minimum atomic E-state index is -0.250. The Morgan fingerprint density at radius 2 is 1.85 bits per heavy atom. The summed E-state index contributed by atoms with van der Waals surface area (Å²) < 4.78 is 13.6. The number of aromatic nitrogens is 2. The minimum Gasteiger partial charge on any atom is -0.385 e. The van der Waals surface area contributed by atoms with Gasteiger partial charge in [0.05, 0.1) is 0 Å². The summed E-state index contributed by atoms with van der Waals surface area (Å²) in [5.41, 5.74) is 2.72. The number of hydrogen-bond donors (Lipinski definition) is 2. The maximum absolute atomic E-state index is 13.6. The maximum Gasteiger partial charge on any atom is 0.270 e. The second-order valence-electron chi connectivity index (χ2n) is 5.74. The van der Waals surface area contributed by atoms with Gasteiger partial charge in [-0.15, -0.1) is 0 Å². The van der Waals surface area contributed by atoms with Gasteiger partial charge < -0.3 is 10.6 Å². The number of halogens is 1. The van der Waals surface area contributed by atoms with E-state index in [9.17, 15) is 9.18 Å². The number of carbonyl (C=O) groups excluding carboxylic acids is 1. The molecule has 6 heteroatoms. The second kappa shape index (κ2) is 8.71. The number of amides is 1. The van der Waals surface area contributed by atoms with Crippen LogP contribution < -0.4 is 10.6 Å². The third-order valence-corrected chi connectivity index (χ3v) is 3.88. The summed E-state index contributed by atoms with van der Waals surface area (Å²) in [7, 11) is 0. The lowest BCUT2D eigenvalue weighted by atomic mass is 10.1. The van der Waals surface area contributed by atoms with Crippen molar-refractivity contribution in [1.29, 1.82) is 0 Å². The molecule has 0 unspecified atom stereocenters. The standard InChI is InChI=1S/C20H19FN4O/c21-18-4-2-1-3-16(18)7-11-23-17-8-12-24-19(13-17)20(26)25-14-15-5-9-22-10-6-15/h1-6,8-10,12-13H,7,11,14H2,(H,23,24)(H,25,26). The summed E-state index contributed by atoms with van der Waals surface area (Å²) in [5.74, 6) is -0.459. The molecule has 3 rings (SSSR count). The zero-order valence-corrected chi connectivity index (χ0v) is 14.2. The van der Waals surface area contributed by atoms with E-state index >= 15 is 0 Å². The highest BCUT2D eigenvalue weighted by Crippen LogP contribution is 2.11. The molecule has 0 saturated heterocycles. The normalized spacial score (nSPS) is 10.3. The Bertz CT molecular complexity index is 870. The number of nitrogens with one attached hydrogen (secondary N) is 2. The van der Waals surface area contributed by atoms with Crippen LogP contribution in [0.1, 0.15) is 21.6 Å². The van der Waals surface area contributed by atoms with Crippen LogP contribution in [0.15, 0.2) is 67.1 Å². The molecule has 132 valence electrons. The Balaban J connectivity index is 1.54. The first-order valence-electron chi connectivity index (χ1n) is 8.33. The molecule has 0 aliphatic carbocycles. The number of rotatable bonds is 7. The zero-order valence-electron chi connectivity index (χ0n) is 14.2. The molecule has 3 aromatic rings. The van der Waals surface area contributed by atoms with Gasteiger partial charge in [-0.2, -0.15) is 0 Å². The van der Waals surface area contributed by atoms with Crippen LogP contribution >= 0.6 is 0 Å². The first-order valence-corrected chi connectivity index (χ1v) is 8.33. The fourth-order valence-corrected chi connectivity index (χ4v) is 2.48. The average Bonchev–Trinajstić information content (AvgIpc) is 2.69. The Hall–Kier alpha value is -3.28. The van der Waals surface area contributed by atoms with Crippen molar-refractivity contribution in [3.63, 3.8) is 0 Å². The predicted molar refractivity (Wildman–Crippen MR) is 98.2 cm³/mol. The molecule has 26 heavy (non-hydrogen) atoms.